The predicted molar refractivity (Wildman–Crippen MR) is 122 cm³/mol. The van der Waals surface area contributed by atoms with E-state index in [9.17, 15) is 0 Å². The summed E-state index contributed by atoms with van der Waals surface area (Å²) in [6.45, 7) is 6.67. The molecule has 1 aliphatic rings. The Morgan fingerprint density at radius 3 is 2.53 bits per heavy atom. The minimum atomic E-state index is 0.430. The molecule has 6 rings (SSSR count). The van der Waals surface area contributed by atoms with E-state index in [0.717, 1.165) is 28.0 Å². The number of aromatic nitrogens is 2. The SMILES string of the molecule is Cc1c2c(cc3ccccc13)Oc1cc3c(C(C)C)cccc3c3nc[n+](C)c-2c13. The average molecular weight is 391 g/mol. The standard InChI is InChI=1S/C27H23N2O/c1-15(2)18-10-7-11-20-21(18)13-23-25-26(20)28-14-29(4)27(25)24-16(3)19-9-6-5-8-17(19)12-22(24)30-23/h5-15H,1-4H3/q+1. The quantitative estimate of drug-likeness (QED) is 0.234. The van der Waals surface area contributed by atoms with Crippen molar-refractivity contribution in [3.05, 3.63) is 72.1 Å². The lowest BCUT2D eigenvalue weighted by Crippen LogP contribution is -2.32. The highest BCUT2D eigenvalue weighted by atomic mass is 16.5. The first kappa shape index (κ1) is 17.4. The van der Waals surface area contributed by atoms with Crippen LogP contribution >= 0.6 is 0 Å². The number of ether oxygens (including phenoxy) is 1. The maximum Gasteiger partial charge on any atom is 0.287 e. The highest BCUT2D eigenvalue weighted by molar-refractivity contribution is 6.14. The maximum absolute atomic E-state index is 6.58. The summed E-state index contributed by atoms with van der Waals surface area (Å²) >= 11 is 0. The molecule has 0 aliphatic carbocycles. The van der Waals surface area contributed by atoms with E-state index in [-0.39, 0.29) is 0 Å². The Kier molecular flexibility index (Phi) is 3.49. The van der Waals surface area contributed by atoms with Crippen LogP contribution in [-0.4, -0.2) is 4.98 Å². The molecule has 0 bridgehead atoms. The molecule has 0 saturated carbocycles. The van der Waals surface area contributed by atoms with Crippen molar-refractivity contribution in [2.75, 3.05) is 0 Å². The third kappa shape index (κ3) is 2.20. The van der Waals surface area contributed by atoms with Crippen molar-refractivity contribution in [1.82, 2.24) is 4.98 Å². The lowest BCUT2D eigenvalue weighted by atomic mass is 9.90. The zero-order valence-corrected chi connectivity index (χ0v) is 17.7. The predicted octanol–water partition coefficient (Wildman–Crippen LogP) is 6.57. The summed E-state index contributed by atoms with van der Waals surface area (Å²) in [5, 5.41) is 5.97. The summed E-state index contributed by atoms with van der Waals surface area (Å²) in [7, 11) is 2.07. The van der Waals surface area contributed by atoms with Crippen molar-refractivity contribution in [1.29, 1.82) is 0 Å². The molecule has 0 amide bonds. The number of fused-ring (bicyclic) bond motifs is 5. The zero-order chi connectivity index (χ0) is 20.6. The Morgan fingerprint density at radius 2 is 1.70 bits per heavy atom. The van der Waals surface area contributed by atoms with Crippen LogP contribution in [0.4, 0.5) is 0 Å². The van der Waals surface area contributed by atoms with Crippen molar-refractivity contribution in [3.63, 3.8) is 0 Å². The molecule has 0 radical (unpaired) electrons. The van der Waals surface area contributed by atoms with E-state index in [4.69, 9.17) is 9.72 Å². The van der Waals surface area contributed by atoms with Crippen molar-refractivity contribution < 1.29 is 9.30 Å². The first-order valence-corrected chi connectivity index (χ1v) is 10.5. The van der Waals surface area contributed by atoms with E-state index in [1.807, 2.05) is 6.33 Å². The largest absolute Gasteiger partial charge is 0.456 e. The second-order valence-electron chi connectivity index (χ2n) is 8.60. The van der Waals surface area contributed by atoms with Gasteiger partial charge in [0, 0.05) is 5.39 Å². The maximum atomic E-state index is 6.58. The van der Waals surface area contributed by atoms with Crippen LogP contribution in [0.15, 0.2) is 60.9 Å². The van der Waals surface area contributed by atoms with Crippen LogP contribution in [-0.2, 0) is 7.05 Å². The van der Waals surface area contributed by atoms with Crippen LogP contribution in [0, 0.1) is 6.92 Å². The van der Waals surface area contributed by atoms with Crippen molar-refractivity contribution in [2.45, 2.75) is 26.7 Å². The molecule has 0 saturated heterocycles. The van der Waals surface area contributed by atoms with Gasteiger partial charge in [0.15, 0.2) is 11.2 Å². The topological polar surface area (TPSA) is 26.0 Å². The van der Waals surface area contributed by atoms with Crippen LogP contribution in [0.1, 0.15) is 30.9 Å². The summed E-state index contributed by atoms with van der Waals surface area (Å²) in [4.78, 5) is 4.86. The minimum Gasteiger partial charge on any atom is -0.456 e. The molecule has 3 heteroatoms. The molecule has 1 aliphatic heterocycles. The van der Waals surface area contributed by atoms with Gasteiger partial charge in [-0.25, -0.2) is 4.57 Å². The van der Waals surface area contributed by atoms with Gasteiger partial charge in [0.2, 0.25) is 0 Å². The first-order chi connectivity index (χ1) is 14.5. The molecular weight excluding hydrogens is 368 g/mol. The Hall–Kier alpha value is -3.46. The molecule has 0 unspecified atom stereocenters. The van der Waals surface area contributed by atoms with Gasteiger partial charge >= 0.3 is 0 Å². The summed E-state index contributed by atoms with van der Waals surface area (Å²) < 4.78 is 8.71. The van der Waals surface area contributed by atoms with Crippen LogP contribution in [0.25, 0.3) is 43.7 Å². The number of hydrogen-bond donors (Lipinski definition) is 0. The minimum absolute atomic E-state index is 0.430. The molecule has 0 atom stereocenters. The zero-order valence-electron chi connectivity index (χ0n) is 17.7. The van der Waals surface area contributed by atoms with Gasteiger partial charge in [-0.15, -0.1) is 0 Å². The van der Waals surface area contributed by atoms with E-state index in [2.05, 4.69) is 87.0 Å². The van der Waals surface area contributed by atoms with Gasteiger partial charge in [-0.05, 0) is 63.3 Å². The molecule has 30 heavy (non-hydrogen) atoms. The van der Waals surface area contributed by atoms with Gasteiger partial charge in [0.05, 0.1) is 12.6 Å². The smallest absolute Gasteiger partial charge is 0.287 e. The van der Waals surface area contributed by atoms with Gasteiger partial charge < -0.3 is 4.74 Å². The monoisotopic (exact) mass is 391 g/mol. The fourth-order valence-electron chi connectivity index (χ4n) is 5.02. The molecular formula is C27H23N2O+. The Balaban J connectivity index is 1.82. The summed E-state index contributed by atoms with van der Waals surface area (Å²) in [6, 6.07) is 19.4. The summed E-state index contributed by atoms with van der Waals surface area (Å²) in [5.74, 6) is 2.24. The molecule has 0 N–H and O–H groups in total. The van der Waals surface area contributed by atoms with E-state index in [1.54, 1.807) is 0 Å². The van der Waals surface area contributed by atoms with Crippen LogP contribution in [0.5, 0.6) is 11.5 Å². The molecule has 146 valence electrons. The highest BCUT2D eigenvalue weighted by Gasteiger charge is 2.31. The van der Waals surface area contributed by atoms with Crippen LogP contribution in [0.2, 0.25) is 0 Å². The molecule has 3 nitrogen and oxygen atoms in total. The van der Waals surface area contributed by atoms with Gasteiger partial charge in [0.1, 0.15) is 16.9 Å². The highest BCUT2D eigenvalue weighted by Crippen LogP contribution is 2.49. The van der Waals surface area contributed by atoms with E-state index in [1.165, 1.54) is 38.4 Å². The molecule has 2 heterocycles. The molecule has 4 aromatic carbocycles. The van der Waals surface area contributed by atoms with Crippen molar-refractivity contribution in [2.24, 2.45) is 7.05 Å². The molecule has 0 spiro atoms. The Labute approximate surface area is 175 Å². The second-order valence-corrected chi connectivity index (χ2v) is 8.60. The molecule has 5 aromatic rings. The third-order valence-corrected chi connectivity index (χ3v) is 6.45. The van der Waals surface area contributed by atoms with Crippen molar-refractivity contribution in [3.8, 4) is 22.8 Å². The number of rotatable bonds is 1. The Morgan fingerprint density at radius 1 is 0.900 bits per heavy atom. The van der Waals surface area contributed by atoms with Gasteiger partial charge in [-0.2, -0.15) is 0 Å². The normalized spacial score (nSPS) is 12.6. The van der Waals surface area contributed by atoms with E-state index >= 15 is 0 Å². The van der Waals surface area contributed by atoms with Gasteiger partial charge in [-0.3, -0.25) is 0 Å². The Bertz CT molecular complexity index is 1520. The lowest BCUT2D eigenvalue weighted by molar-refractivity contribution is -0.662. The number of hydrogen-bond acceptors (Lipinski definition) is 2. The van der Waals surface area contributed by atoms with Gasteiger partial charge in [0.25, 0.3) is 6.33 Å². The number of aryl methyl sites for hydroxylation is 2. The summed E-state index contributed by atoms with van der Waals surface area (Å²) in [5.41, 5.74) is 5.92. The summed E-state index contributed by atoms with van der Waals surface area (Å²) in [6.07, 6.45) is 1.94. The van der Waals surface area contributed by atoms with Crippen molar-refractivity contribution >= 4 is 32.4 Å². The molecule has 0 fully saturated rings. The average Bonchev–Trinajstić information content (AvgIpc) is 2.74. The van der Waals surface area contributed by atoms with E-state index in [0.29, 0.717) is 5.92 Å². The fraction of sp³-hybridized carbons (Fsp3) is 0.185. The number of nitrogens with zero attached hydrogens (tertiary/aromatic N) is 2. The lowest BCUT2D eigenvalue weighted by Gasteiger charge is -2.23. The first-order valence-electron chi connectivity index (χ1n) is 10.5. The molecule has 1 aromatic heterocycles. The fourth-order valence-corrected chi connectivity index (χ4v) is 5.02. The van der Waals surface area contributed by atoms with Crippen LogP contribution < -0.4 is 9.30 Å². The van der Waals surface area contributed by atoms with E-state index < -0.39 is 0 Å². The van der Waals surface area contributed by atoms with Crippen LogP contribution in [0.3, 0.4) is 0 Å². The third-order valence-electron chi connectivity index (χ3n) is 6.45. The number of benzene rings is 4. The second kappa shape index (κ2) is 6.02. The van der Waals surface area contributed by atoms with Gasteiger partial charge in [-0.1, -0.05) is 50.2 Å².